The van der Waals surface area contributed by atoms with Crippen molar-refractivity contribution in [3.63, 3.8) is 0 Å². The number of nitrogens with one attached hydrogen (secondary N) is 1. The Labute approximate surface area is 183 Å². The van der Waals surface area contributed by atoms with Crippen LogP contribution in [-0.4, -0.2) is 32.6 Å². The summed E-state index contributed by atoms with van der Waals surface area (Å²) in [4.78, 5) is 12.1. The minimum atomic E-state index is -4.40. The number of alkyl halides is 3. The van der Waals surface area contributed by atoms with Gasteiger partial charge in [-0.25, -0.2) is 0 Å². The number of ether oxygens (including phenoxy) is 1. The molecule has 2 aromatic rings. The second-order valence-electron chi connectivity index (χ2n) is 7.50. The molecule has 1 saturated carbocycles. The second-order valence-corrected chi connectivity index (χ2v) is 8.81. The fourth-order valence-electron chi connectivity index (χ4n) is 3.67. The van der Waals surface area contributed by atoms with Crippen molar-refractivity contribution in [1.29, 1.82) is 0 Å². The lowest BCUT2D eigenvalue weighted by Gasteiger charge is -2.26. The first-order chi connectivity index (χ1) is 14.8. The first-order valence-corrected chi connectivity index (χ1v) is 11.4. The Balaban J connectivity index is 1.79. The van der Waals surface area contributed by atoms with Gasteiger partial charge in [0.25, 0.3) is 0 Å². The summed E-state index contributed by atoms with van der Waals surface area (Å²) in [5, 5.41) is 11.8. The van der Waals surface area contributed by atoms with Gasteiger partial charge in [-0.2, -0.15) is 13.2 Å². The molecule has 3 rings (SSSR count). The summed E-state index contributed by atoms with van der Waals surface area (Å²) in [5.74, 6) is 0.331. The Morgan fingerprint density at radius 2 is 2.03 bits per heavy atom. The molecule has 0 radical (unpaired) electrons. The van der Waals surface area contributed by atoms with Crippen molar-refractivity contribution in [2.75, 3.05) is 11.9 Å². The highest BCUT2D eigenvalue weighted by atomic mass is 32.2. The number of aromatic nitrogens is 3. The van der Waals surface area contributed by atoms with Crippen LogP contribution in [0.25, 0.3) is 0 Å². The maximum absolute atomic E-state index is 13.0. The van der Waals surface area contributed by atoms with E-state index in [2.05, 4.69) is 15.5 Å². The highest BCUT2D eigenvalue weighted by molar-refractivity contribution is 8.00. The van der Waals surface area contributed by atoms with Crippen LogP contribution in [0.3, 0.4) is 0 Å². The maximum atomic E-state index is 13.0. The monoisotopic (exact) mass is 456 g/mol. The average molecular weight is 457 g/mol. The van der Waals surface area contributed by atoms with Gasteiger partial charge in [-0.15, -0.1) is 10.2 Å². The number of benzene rings is 1. The number of esters is 1. The molecule has 1 fully saturated rings. The molecule has 1 N–H and O–H groups in total. The number of thioether (sulfide) groups is 1. The molecule has 0 aliphatic heterocycles. The molecule has 0 saturated heterocycles. The maximum Gasteiger partial charge on any atom is 0.416 e. The fourth-order valence-corrected chi connectivity index (χ4v) is 4.60. The van der Waals surface area contributed by atoms with Crippen molar-refractivity contribution in [3.05, 3.63) is 35.7 Å². The summed E-state index contributed by atoms with van der Waals surface area (Å²) < 4.78 is 46.1. The molecule has 1 heterocycles. The molecule has 1 aromatic carbocycles. The third-order valence-corrected chi connectivity index (χ3v) is 6.25. The van der Waals surface area contributed by atoms with E-state index in [0.29, 0.717) is 23.3 Å². The highest BCUT2D eigenvalue weighted by Gasteiger charge is 2.30. The van der Waals surface area contributed by atoms with Gasteiger partial charge in [-0.1, -0.05) is 37.1 Å². The van der Waals surface area contributed by atoms with Gasteiger partial charge in [-0.05, 0) is 44.9 Å². The first-order valence-electron chi connectivity index (χ1n) is 10.5. The van der Waals surface area contributed by atoms with E-state index in [1.54, 1.807) is 19.9 Å². The largest absolute Gasteiger partial charge is 0.465 e. The first kappa shape index (κ1) is 23.4. The SMILES string of the molecule is CCOC(=O)C(C)Sc1nnc(CNc2cccc(C(F)(F)F)c2)n1C1CCCCC1. The van der Waals surface area contributed by atoms with E-state index in [1.807, 2.05) is 4.57 Å². The number of carbonyl (C=O) groups is 1. The lowest BCUT2D eigenvalue weighted by atomic mass is 9.95. The predicted octanol–water partition coefficient (Wildman–Crippen LogP) is 5.46. The molecule has 1 atom stereocenters. The van der Waals surface area contributed by atoms with E-state index in [4.69, 9.17) is 4.74 Å². The molecule has 0 bridgehead atoms. The number of hydrogen-bond acceptors (Lipinski definition) is 6. The summed E-state index contributed by atoms with van der Waals surface area (Å²) in [6, 6.07) is 5.30. The minimum Gasteiger partial charge on any atom is -0.465 e. The van der Waals surface area contributed by atoms with Crippen LogP contribution >= 0.6 is 11.8 Å². The molecule has 1 unspecified atom stereocenters. The molecule has 170 valence electrons. The van der Waals surface area contributed by atoms with Gasteiger partial charge < -0.3 is 14.6 Å². The molecule has 31 heavy (non-hydrogen) atoms. The highest BCUT2D eigenvalue weighted by Crippen LogP contribution is 2.35. The topological polar surface area (TPSA) is 69.0 Å². The molecule has 1 aromatic heterocycles. The third-order valence-electron chi connectivity index (χ3n) is 5.22. The van der Waals surface area contributed by atoms with Gasteiger partial charge >= 0.3 is 12.1 Å². The van der Waals surface area contributed by atoms with Crippen molar-refractivity contribution in [3.8, 4) is 0 Å². The van der Waals surface area contributed by atoms with Crippen molar-refractivity contribution in [2.24, 2.45) is 0 Å². The van der Waals surface area contributed by atoms with Gasteiger partial charge in [0, 0.05) is 11.7 Å². The standard InChI is InChI=1S/C21H27F3N4O2S/c1-3-30-19(29)14(2)31-20-27-26-18(28(20)17-10-5-4-6-11-17)13-25-16-9-7-8-15(12-16)21(22,23)24/h7-9,12,14,17,25H,3-6,10-11,13H2,1-2H3. The lowest BCUT2D eigenvalue weighted by molar-refractivity contribution is -0.142. The van der Waals surface area contributed by atoms with Gasteiger partial charge in [0.15, 0.2) is 11.0 Å². The third kappa shape index (κ3) is 6.15. The quantitative estimate of drug-likeness (QED) is 0.420. The summed E-state index contributed by atoms with van der Waals surface area (Å²) in [5.41, 5.74) is -0.340. The number of nitrogens with zero attached hydrogens (tertiary/aromatic N) is 3. The summed E-state index contributed by atoms with van der Waals surface area (Å²) in [6.45, 7) is 4.07. The van der Waals surface area contributed by atoms with Crippen LogP contribution in [0.15, 0.2) is 29.4 Å². The van der Waals surface area contributed by atoms with Crippen LogP contribution in [0.1, 0.15) is 63.4 Å². The summed E-state index contributed by atoms with van der Waals surface area (Å²) in [7, 11) is 0. The van der Waals surface area contributed by atoms with E-state index < -0.39 is 17.0 Å². The Hall–Kier alpha value is -2.23. The number of anilines is 1. The van der Waals surface area contributed by atoms with E-state index >= 15 is 0 Å². The molecular weight excluding hydrogens is 429 g/mol. The van der Waals surface area contributed by atoms with Gasteiger partial charge in [-0.3, -0.25) is 4.79 Å². The van der Waals surface area contributed by atoms with Crippen LogP contribution in [0.4, 0.5) is 18.9 Å². The van der Waals surface area contributed by atoms with Crippen molar-refractivity contribution >= 4 is 23.4 Å². The Morgan fingerprint density at radius 3 is 2.71 bits per heavy atom. The van der Waals surface area contributed by atoms with Gasteiger partial charge in [0.1, 0.15) is 5.25 Å². The molecular formula is C21H27F3N4O2S. The second kappa shape index (κ2) is 10.4. The molecule has 10 heteroatoms. The van der Waals surface area contributed by atoms with E-state index in [9.17, 15) is 18.0 Å². The lowest BCUT2D eigenvalue weighted by Crippen LogP contribution is -2.21. The minimum absolute atomic E-state index is 0.207. The molecule has 1 aliphatic rings. The Morgan fingerprint density at radius 1 is 1.29 bits per heavy atom. The molecule has 0 spiro atoms. The van der Waals surface area contributed by atoms with Crippen molar-refractivity contribution in [2.45, 2.75) is 75.1 Å². The predicted molar refractivity (Wildman–Crippen MR) is 113 cm³/mol. The van der Waals surface area contributed by atoms with E-state index in [0.717, 1.165) is 37.8 Å². The molecule has 1 aliphatic carbocycles. The Bertz CT molecular complexity index is 882. The molecule has 6 nitrogen and oxygen atoms in total. The van der Waals surface area contributed by atoms with Gasteiger partial charge in [0.2, 0.25) is 0 Å². The summed E-state index contributed by atoms with van der Waals surface area (Å²) in [6.07, 6.45) is 0.943. The average Bonchev–Trinajstić information content (AvgIpc) is 3.15. The molecule has 0 amide bonds. The Kier molecular flexibility index (Phi) is 7.85. The zero-order valence-electron chi connectivity index (χ0n) is 17.6. The zero-order chi connectivity index (χ0) is 22.4. The van der Waals surface area contributed by atoms with Gasteiger partial charge in [0.05, 0.1) is 18.7 Å². The van der Waals surface area contributed by atoms with Crippen LogP contribution in [-0.2, 0) is 22.3 Å². The van der Waals surface area contributed by atoms with Crippen LogP contribution < -0.4 is 5.32 Å². The van der Waals surface area contributed by atoms with Crippen LogP contribution in [0.2, 0.25) is 0 Å². The smallest absolute Gasteiger partial charge is 0.416 e. The normalized spacial score (nSPS) is 16.2. The van der Waals surface area contributed by atoms with E-state index in [1.165, 1.54) is 24.2 Å². The van der Waals surface area contributed by atoms with Crippen molar-refractivity contribution in [1.82, 2.24) is 14.8 Å². The number of carbonyl (C=O) groups excluding carboxylic acids is 1. The van der Waals surface area contributed by atoms with Crippen molar-refractivity contribution < 1.29 is 22.7 Å². The number of hydrogen-bond donors (Lipinski definition) is 1. The fraction of sp³-hybridized carbons (Fsp3) is 0.571. The van der Waals surface area contributed by atoms with Crippen LogP contribution in [0.5, 0.6) is 0 Å². The van der Waals surface area contributed by atoms with Crippen LogP contribution in [0, 0.1) is 0 Å². The zero-order valence-corrected chi connectivity index (χ0v) is 18.4. The summed E-state index contributed by atoms with van der Waals surface area (Å²) >= 11 is 1.30. The number of rotatable bonds is 8. The number of halogens is 3. The van der Waals surface area contributed by atoms with E-state index in [-0.39, 0.29) is 18.6 Å².